The van der Waals surface area contributed by atoms with E-state index in [-0.39, 0.29) is 29.4 Å². The fourth-order valence-corrected chi connectivity index (χ4v) is 5.45. The van der Waals surface area contributed by atoms with Gasteiger partial charge in [-0.1, -0.05) is 6.07 Å². The topological polar surface area (TPSA) is 54.5 Å². The quantitative estimate of drug-likeness (QED) is 0.697. The number of hydrogen-bond acceptors (Lipinski definition) is 3. The Kier molecular flexibility index (Phi) is 2.89. The van der Waals surface area contributed by atoms with Gasteiger partial charge in [0.15, 0.2) is 9.84 Å². The molecule has 2 aliphatic rings. The zero-order chi connectivity index (χ0) is 12.9. The molecule has 0 unspecified atom stereocenters. The summed E-state index contributed by atoms with van der Waals surface area (Å²) in [5.41, 5.74) is 0.816. The van der Waals surface area contributed by atoms with Crippen molar-refractivity contribution in [3.63, 3.8) is 0 Å². The van der Waals surface area contributed by atoms with E-state index in [9.17, 15) is 13.2 Å². The van der Waals surface area contributed by atoms with Crippen molar-refractivity contribution in [3.8, 4) is 0 Å². The molecule has 6 heteroatoms. The van der Waals surface area contributed by atoms with Crippen LogP contribution in [0.25, 0.3) is 0 Å². The molecule has 0 bridgehead atoms. The molecule has 2 saturated heterocycles. The summed E-state index contributed by atoms with van der Waals surface area (Å²) in [6.45, 7) is 0. The fourth-order valence-electron chi connectivity index (χ4n) is 2.85. The molecule has 96 valence electrons. The van der Waals surface area contributed by atoms with Gasteiger partial charge in [-0.25, -0.2) is 8.42 Å². The zero-order valence-corrected chi connectivity index (χ0v) is 12.5. The summed E-state index contributed by atoms with van der Waals surface area (Å²) >= 11 is 2.19. The third kappa shape index (κ3) is 2.05. The Morgan fingerprint density at radius 3 is 2.78 bits per heavy atom. The molecule has 0 aliphatic carbocycles. The summed E-state index contributed by atoms with van der Waals surface area (Å²) < 4.78 is 24.4. The van der Waals surface area contributed by atoms with E-state index < -0.39 is 9.84 Å². The number of amides is 1. The second kappa shape index (κ2) is 4.19. The molecule has 0 radical (unpaired) electrons. The van der Waals surface area contributed by atoms with E-state index in [1.807, 2.05) is 24.3 Å². The zero-order valence-electron chi connectivity index (χ0n) is 9.54. The van der Waals surface area contributed by atoms with Crippen molar-refractivity contribution < 1.29 is 13.2 Å². The number of anilines is 1. The molecule has 0 spiro atoms. The smallest absolute Gasteiger partial charge is 0.227 e. The van der Waals surface area contributed by atoms with Gasteiger partial charge >= 0.3 is 0 Å². The molecule has 1 aromatic carbocycles. The summed E-state index contributed by atoms with van der Waals surface area (Å²) in [7, 11) is -2.98. The number of rotatable bonds is 1. The van der Waals surface area contributed by atoms with Crippen molar-refractivity contribution in [1.82, 2.24) is 0 Å². The third-order valence-electron chi connectivity index (χ3n) is 3.56. The van der Waals surface area contributed by atoms with E-state index >= 15 is 0 Å². The van der Waals surface area contributed by atoms with Crippen LogP contribution in [0.1, 0.15) is 6.42 Å². The molecule has 2 atom stereocenters. The molecule has 0 saturated carbocycles. The minimum absolute atomic E-state index is 0.0274. The maximum absolute atomic E-state index is 12.0. The van der Waals surface area contributed by atoms with E-state index in [1.165, 1.54) is 0 Å². The van der Waals surface area contributed by atoms with E-state index in [2.05, 4.69) is 22.6 Å². The molecular formula is C12H12INO3S. The lowest BCUT2D eigenvalue weighted by atomic mass is 10.1. The lowest BCUT2D eigenvalue weighted by molar-refractivity contribution is -0.117. The van der Waals surface area contributed by atoms with Gasteiger partial charge in [0, 0.05) is 21.6 Å². The number of halogens is 1. The monoisotopic (exact) mass is 377 g/mol. The van der Waals surface area contributed by atoms with E-state index in [0.29, 0.717) is 6.42 Å². The third-order valence-corrected chi connectivity index (χ3v) is 6.02. The molecule has 18 heavy (non-hydrogen) atoms. The summed E-state index contributed by atoms with van der Waals surface area (Å²) in [5, 5.41) is 0. The van der Waals surface area contributed by atoms with Gasteiger partial charge in [0.05, 0.1) is 17.5 Å². The second-order valence-corrected chi connectivity index (χ2v) is 8.25. The highest BCUT2D eigenvalue weighted by Crippen LogP contribution is 2.37. The number of sulfone groups is 1. The van der Waals surface area contributed by atoms with Gasteiger partial charge in [0.25, 0.3) is 0 Å². The largest absolute Gasteiger partial charge is 0.308 e. The van der Waals surface area contributed by atoms with E-state index in [4.69, 9.17) is 0 Å². The predicted octanol–water partition coefficient (Wildman–Crippen LogP) is 1.44. The first-order valence-corrected chi connectivity index (χ1v) is 8.64. The summed E-state index contributed by atoms with van der Waals surface area (Å²) in [5.74, 6) is 0.279. The maximum Gasteiger partial charge on any atom is 0.227 e. The van der Waals surface area contributed by atoms with Crippen molar-refractivity contribution in [1.29, 1.82) is 0 Å². The van der Waals surface area contributed by atoms with Crippen LogP contribution in [0.4, 0.5) is 5.69 Å². The highest BCUT2D eigenvalue weighted by atomic mass is 127. The van der Waals surface area contributed by atoms with Gasteiger partial charge in [0.1, 0.15) is 0 Å². The Morgan fingerprint density at radius 1 is 1.28 bits per heavy atom. The van der Waals surface area contributed by atoms with Crippen molar-refractivity contribution in [3.05, 3.63) is 27.8 Å². The van der Waals surface area contributed by atoms with E-state index in [0.717, 1.165) is 9.26 Å². The number of fused-ring (bicyclic) bond motifs is 1. The average molecular weight is 377 g/mol. The van der Waals surface area contributed by atoms with Crippen LogP contribution in [0.5, 0.6) is 0 Å². The Bertz CT molecular complexity index is 614. The normalized spacial score (nSPS) is 29.6. The van der Waals surface area contributed by atoms with Crippen LogP contribution < -0.4 is 4.90 Å². The molecule has 2 heterocycles. The molecule has 4 nitrogen and oxygen atoms in total. The molecular weight excluding hydrogens is 365 g/mol. The number of carbonyl (C=O) groups excluding carboxylic acids is 1. The highest BCUT2D eigenvalue weighted by molar-refractivity contribution is 14.1. The molecule has 0 N–H and O–H groups in total. The molecule has 2 fully saturated rings. The van der Waals surface area contributed by atoms with Crippen molar-refractivity contribution >= 4 is 44.0 Å². The fraction of sp³-hybridized carbons (Fsp3) is 0.417. The predicted molar refractivity (Wildman–Crippen MR) is 77.2 cm³/mol. The van der Waals surface area contributed by atoms with Crippen LogP contribution in [-0.4, -0.2) is 31.9 Å². The van der Waals surface area contributed by atoms with Crippen molar-refractivity contribution in [2.75, 3.05) is 16.4 Å². The molecule has 0 aromatic heterocycles. The molecule has 1 amide bonds. The van der Waals surface area contributed by atoms with Crippen LogP contribution >= 0.6 is 22.6 Å². The minimum Gasteiger partial charge on any atom is -0.308 e. The standard InChI is InChI=1S/C12H12INO3S/c13-9-2-1-3-10(5-9)14-11-7-18(16,17)6-8(11)4-12(14)15/h1-3,5,8,11H,4,6-7H2/t8-,11+/m0/s1. The summed E-state index contributed by atoms with van der Waals surface area (Å²) in [4.78, 5) is 13.7. The molecule has 1 aromatic rings. The van der Waals surface area contributed by atoms with Crippen LogP contribution in [0.3, 0.4) is 0 Å². The van der Waals surface area contributed by atoms with Gasteiger partial charge in [0.2, 0.25) is 5.91 Å². The van der Waals surface area contributed by atoms with Gasteiger partial charge < -0.3 is 4.90 Å². The average Bonchev–Trinajstić information content (AvgIpc) is 2.68. The Hall–Kier alpha value is -0.630. The van der Waals surface area contributed by atoms with Crippen LogP contribution in [-0.2, 0) is 14.6 Å². The molecule has 3 rings (SSSR count). The van der Waals surface area contributed by atoms with Gasteiger partial charge in [-0.2, -0.15) is 0 Å². The Labute approximate surface area is 119 Å². The number of hydrogen-bond donors (Lipinski definition) is 0. The minimum atomic E-state index is -2.98. The highest BCUT2D eigenvalue weighted by Gasteiger charge is 2.49. The number of carbonyl (C=O) groups is 1. The Morgan fingerprint density at radius 2 is 2.06 bits per heavy atom. The van der Waals surface area contributed by atoms with Gasteiger partial charge in [-0.15, -0.1) is 0 Å². The van der Waals surface area contributed by atoms with Crippen LogP contribution in [0.15, 0.2) is 24.3 Å². The number of nitrogens with zero attached hydrogens (tertiary/aromatic N) is 1. The van der Waals surface area contributed by atoms with Gasteiger partial charge in [-0.05, 0) is 40.8 Å². The van der Waals surface area contributed by atoms with E-state index in [1.54, 1.807) is 4.90 Å². The van der Waals surface area contributed by atoms with Crippen molar-refractivity contribution in [2.24, 2.45) is 5.92 Å². The van der Waals surface area contributed by atoms with Crippen LogP contribution in [0, 0.1) is 9.49 Å². The summed E-state index contributed by atoms with van der Waals surface area (Å²) in [6.07, 6.45) is 0.357. The molecule has 2 aliphatic heterocycles. The first-order valence-electron chi connectivity index (χ1n) is 5.74. The first kappa shape index (κ1) is 12.4. The SMILES string of the molecule is O=C1C[C@H]2CS(=O)(=O)C[C@H]2N1c1cccc(I)c1. The lowest BCUT2D eigenvalue weighted by Crippen LogP contribution is -2.36. The van der Waals surface area contributed by atoms with Gasteiger partial charge in [-0.3, -0.25) is 4.79 Å². The van der Waals surface area contributed by atoms with Crippen molar-refractivity contribution in [2.45, 2.75) is 12.5 Å². The lowest BCUT2D eigenvalue weighted by Gasteiger charge is -2.23. The first-order chi connectivity index (χ1) is 8.46. The number of benzene rings is 1. The summed E-state index contributed by atoms with van der Waals surface area (Å²) in [6, 6.07) is 7.47. The van der Waals surface area contributed by atoms with Crippen LogP contribution in [0.2, 0.25) is 0 Å². The second-order valence-electron chi connectivity index (χ2n) is 4.85. The maximum atomic E-state index is 12.0. The Balaban J connectivity index is 1.99.